The third-order valence-corrected chi connectivity index (χ3v) is 12.1. The molecule has 0 aliphatic rings. The molecule has 54 heavy (non-hydrogen) atoms. The van der Waals surface area contributed by atoms with Crippen LogP contribution < -0.4 is 34.3 Å². The maximum Gasteiger partial charge on any atom is 1.00 e. The van der Waals surface area contributed by atoms with Gasteiger partial charge in [0.25, 0.3) is 0 Å². The minimum Gasteiger partial charge on any atom is -0.744 e. The Morgan fingerprint density at radius 2 is 0.759 bits per heavy atom. The molecule has 0 saturated carbocycles. The van der Waals surface area contributed by atoms with Gasteiger partial charge in [0, 0.05) is 22.3 Å². The third kappa shape index (κ3) is 6.94. The van der Waals surface area contributed by atoms with E-state index >= 15 is 0 Å². The van der Waals surface area contributed by atoms with E-state index in [1.165, 1.54) is 7.05 Å². The van der Waals surface area contributed by atoms with E-state index in [-0.39, 0.29) is 51.1 Å². The van der Waals surface area contributed by atoms with Crippen LogP contribution in [-0.4, -0.2) is 28.4 Å². The molecule has 0 bridgehead atoms. The topological polar surface area (TPSA) is 103 Å². The van der Waals surface area contributed by atoms with Crippen molar-refractivity contribution in [3.63, 3.8) is 0 Å². The second-order valence-electron chi connectivity index (χ2n) is 12.7. The molecule has 0 aromatic heterocycles. The van der Waals surface area contributed by atoms with Gasteiger partial charge < -0.3 is 4.55 Å². The normalized spacial score (nSPS) is 11.7. The van der Waals surface area contributed by atoms with Crippen LogP contribution in [-0.2, 0) is 20.1 Å². The number of rotatable bonds is 8. The van der Waals surface area contributed by atoms with E-state index in [0.717, 1.165) is 22.3 Å². The predicted molar refractivity (Wildman–Crippen MR) is 213 cm³/mol. The Morgan fingerprint density at radius 1 is 0.426 bits per heavy atom. The van der Waals surface area contributed by atoms with Gasteiger partial charge in [0.15, 0.2) is 0 Å². The molecule has 6 nitrogen and oxygen atoms in total. The van der Waals surface area contributed by atoms with Gasteiger partial charge in [0.1, 0.15) is 10.1 Å². The molecule has 0 aliphatic heterocycles. The van der Waals surface area contributed by atoms with E-state index in [9.17, 15) is 21.4 Å². The van der Waals surface area contributed by atoms with Gasteiger partial charge in [0.2, 0.25) is 10.0 Å². The first-order chi connectivity index (χ1) is 25.6. The Hall–Kier alpha value is -4.90. The number of nitrogens with one attached hydrogen (secondary N) is 1. The van der Waals surface area contributed by atoms with Gasteiger partial charge >= 0.3 is 29.6 Å². The first-order valence-corrected chi connectivity index (χ1v) is 19.9. The van der Waals surface area contributed by atoms with Gasteiger partial charge in [-0.15, -0.1) is 0 Å². The summed E-state index contributed by atoms with van der Waals surface area (Å²) in [6.07, 6.45) is 0. The minimum absolute atomic E-state index is 0. The Morgan fingerprint density at radius 3 is 1.17 bits per heavy atom. The van der Waals surface area contributed by atoms with Crippen molar-refractivity contribution < 1.29 is 50.9 Å². The quantitative estimate of drug-likeness (QED) is 0.131. The van der Waals surface area contributed by atoms with Crippen LogP contribution in [0.3, 0.4) is 0 Å². The number of hydrogen-bond donors (Lipinski definition) is 1. The van der Waals surface area contributed by atoms with Crippen molar-refractivity contribution >= 4 is 41.7 Å². The zero-order valence-electron chi connectivity index (χ0n) is 29.5. The van der Waals surface area contributed by atoms with Crippen LogP contribution in [0, 0.1) is 0 Å². The van der Waals surface area contributed by atoms with Crippen LogP contribution in [0.5, 0.6) is 0 Å². The largest absolute Gasteiger partial charge is 1.00 e. The van der Waals surface area contributed by atoms with E-state index in [4.69, 9.17) is 0 Å². The Labute approximate surface area is 337 Å². The molecule has 9 heteroatoms. The van der Waals surface area contributed by atoms with Crippen LogP contribution in [0.2, 0.25) is 0 Å². The monoisotopic (exact) mass is 753 g/mol. The molecule has 260 valence electrons. The van der Waals surface area contributed by atoms with Crippen molar-refractivity contribution in [1.82, 2.24) is 4.72 Å². The maximum absolute atomic E-state index is 14.4. The van der Waals surface area contributed by atoms with Crippen LogP contribution >= 0.6 is 0 Å². The van der Waals surface area contributed by atoms with Crippen molar-refractivity contribution in [3.05, 3.63) is 170 Å². The Balaban J connectivity index is 0.00000450. The smallest absolute Gasteiger partial charge is 0.744 e. The molecule has 0 atom stereocenters. The Bertz CT molecular complexity index is 2880. The molecular weight excluding hydrogens is 722 g/mol. The summed E-state index contributed by atoms with van der Waals surface area (Å²) in [4.78, 5) is -0.615. The maximum atomic E-state index is 14.4. The summed E-state index contributed by atoms with van der Waals surface area (Å²) in [5, 5.41) is 2.24. The van der Waals surface area contributed by atoms with Gasteiger partial charge in [-0.05, 0) is 74.1 Å². The summed E-state index contributed by atoms with van der Waals surface area (Å²) in [6, 6.07) is 52.4. The number of hydrogen-bond acceptors (Lipinski definition) is 5. The number of fused-ring (bicyclic) bond motifs is 2. The molecule has 0 saturated heterocycles. The summed E-state index contributed by atoms with van der Waals surface area (Å²) < 4.78 is 72.5. The fraction of sp³-hybridized carbons (Fsp3) is 0.0222. The molecule has 0 radical (unpaired) electrons. The van der Waals surface area contributed by atoms with Crippen LogP contribution in [0.4, 0.5) is 0 Å². The molecule has 8 aromatic carbocycles. The summed E-state index contributed by atoms with van der Waals surface area (Å²) in [7, 11) is -8.21. The summed E-state index contributed by atoms with van der Waals surface area (Å²) in [5.74, 6) is 0. The van der Waals surface area contributed by atoms with Crippen molar-refractivity contribution in [2.24, 2.45) is 0 Å². The first kappa shape index (κ1) is 37.4. The van der Waals surface area contributed by atoms with Gasteiger partial charge in [-0.2, -0.15) is 0 Å². The van der Waals surface area contributed by atoms with Crippen LogP contribution in [0.15, 0.2) is 180 Å². The fourth-order valence-corrected chi connectivity index (χ4v) is 9.23. The summed E-state index contributed by atoms with van der Waals surface area (Å²) in [6.45, 7) is 0. The summed E-state index contributed by atoms with van der Waals surface area (Å²) in [5.41, 5.74) is 5.68. The molecule has 0 fully saturated rings. The van der Waals surface area contributed by atoms with Gasteiger partial charge in [-0.25, -0.2) is 21.6 Å². The summed E-state index contributed by atoms with van der Waals surface area (Å²) >= 11 is 0. The van der Waals surface area contributed by atoms with Crippen LogP contribution in [0.25, 0.3) is 77.2 Å². The average molecular weight is 754 g/mol. The van der Waals surface area contributed by atoms with E-state index in [2.05, 4.69) is 4.72 Å². The second-order valence-corrected chi connectivity index (χ2v) is 15.9. The molecule has 0 spiro atoms. The van der Waals surface area contributed by atoms with E-state index in [1.54, 1.807) is 48.5 Å². The molecular formula is C45H32NNaO5S2. The van der Waals surface area contributed by atoms with Crippen molar-refractivity contribution in [3.8, 4) is 55.6 Å². The van der Waals surface area contributed by atoms with E-state index in [0.29, 0.717) is 38.2 Å². The zero-order chi connectivity index (χ0) is 36.7. The molecule has 0 amide bonds. The third-order valence-electron chi connectivity index (χ3n) is 9.65. The number of sulfonamides is 1. The predicted octanol–water partition coefficient (Wildman–Crippen LogP) is 7.14. The van der Waals surface area contributed by atoms with Crippen molar-refractivity contribution in [2.45, 2.75) is 9.79 Å². The first-order valence-electron chi connectivity index (χ1n) is 17.0. The second kappa shape index (κ2) is 15.1. The fourth-order valence-electron chi connectivity index (χ4n) is 7.17. The minimum atomic E-state index is -5.23. The van der Waals surface area contributed by atoms with E-state index < -0.39 is 25.0 Å². The molecule has 1 N–H and O–H groups in total. The van der Waals surface area contributed by atoms with Gasteiger partial charge in [0.05, 0.1) is 9.79 Å². The standard InChI is InChI=1S/C45H33NO5S2.Na/c1-46-52(47,48)44-40(34-24-20-32(21-25-34)30-12-4-2-5-13-30)28-36-16-8-10-18-38(36)42(44)43-39-19-11-9-17-37(39)29-41(45(43)53(49,50)51)35-26-22-33(23-27-35)31-14-6-3-7-15-31;/h2-29,46H,1H3,(H,49,50,51);/q;+1/p-1. The molecule has 0 heterocycles. The van der Waals surface area contributed by atoms with Crippen molar-refractivity contribution in [2.75, 3.05) is 7.05 Å². The average Bonchev–Trinajstić information content (AvgIpc) is 3.20. The molecule has 0 unspecified atom stereocenters. The van der Waals surface area contributed by atoms with E-state index in [1.807, 2.05) is 121 Å². The molecule has 0 aliphatic carbocycles. The molecule has 8 aromatic rings. The SMILES string of the molecule is CNS(=O)(=O)c1c(-c2ccc(-c3ccccc3)cc2)cc2ccccc2c1-c1c(S(=O)(=O)[O-])c(-c2ccc(-c3ccccc3)cc2)cc2ccccc12.[Na+]. The van der Waals surface area contributed by atoms with Crippen LogP contribution in [0.1, 0.15) is 0 Å². The van der Waals surface area contributed by atoms with Gasteiger partial charge in [-0.3, -0.25) is 0 Å². The van der Waals surface area contributed by atoms with Crippen molar-refractivity contribution in [1.29, 1.82) is 0 Å². The van der Waals surface area contributed by atoms with Gasteiger partial charge in [-0.1, -0.05) is 158 Å². The Kier molecular flexibility index (Phi) is 10.5. The molecule has 8 rings (SSSR count). The number of benzene rings is 8. The zero-order valence-corrected chi connectivity index (χ0v) is 33.2.